The molecular formula is C27H30O13. The number of rotatable bonds is 8. The minimum Gasteiger partial charge on any atom is -0.497 e. The maximum atomic E-state index is 13.1. The normalized spacial score (nSPS) is 32.3. The summed E-state index contributed by atoms with van der Waals surface area (Å²) in [6, 6.07) is 11.3. The van der Waals surface area contributed by atoms with Crippen LogP contribution in [-0.4, -0.2) is 106 Å². The second-order valence-corrected chi connectivity index (χ2v) is 9.72. The summed E-state index contributed by atoms with van der Waals surface area (Å²) in [4.78, 5) is 13.1. The molecule has 216 valence electrons. The fourth-order valence-corrected chi connectivity index (χ4v) is 4.56. The van der Waals surface area contributed by atoms with Gasteiger partial charge in [0, 0.05) is 6.07 Å². The van der Waals surface area contributed by atoms with E-state index in [2.05, 4.69) is 0 Å². The Labute approximate surface area is 227 Å². The molecule has 0 bridgehead atoms. The molecule has 0 unspecified atom stereocenters. The standard InChI is InChI=1S/C27H30O13/c1-35-14-4-2-13(3-5-14)17-9-36-18-8-15(6-7-16(18)20(17)29)39-25-23(32)22(31)21(30)19(40-25)10-37-26-24(33)27(34,11-28)12-38-26/h2-9,19,21-26,28,30-34H,10-12H2,1H3/t19-,21-,22+,23-,24+,25-,26-,27-/m1/s1. The molecule has 8 atom stereocenters. The van der Waals surface area contributed by atoms with Crippen LogP contribution in [0.4, 0.5) is 0 Å². The van der Waals surface area contributed by atoms with Gasteiger partial charge in [0.1, 0.15) is 59.5 Å². The molecule has 5 rings (SSSR count). The zero-order valence-electron chi connectivity index (χ0n) is 21.3. The first-order valence-electron chi connectivity index (χ1n) is 12.5. The molecular weight excluding hydrogens is 532 g/mol. The number of hydrogen-bond acceptors (Lipinski definition) is 13. The molecule has 2 fully saturated rings. The average molecular weight is 563 g/mol. The van der Waals surface area contributed by atoms with Crippen molar-refractivity contribution in [3.05, 3.63) is 59.0 Å². The van der Waals surface area contributed by atoms with E-state index in [0.29, 0.717) is 16.9 Å². The second kappa shape index (κ2) is 11.4. The summed E-state index contributed by atoms with van der Waals surface area (Å²) >= 11 is 0. The quantitative estimate of drug-likeness (QED) is 0.198. The van der Waals surface area contributed by atoms with Crippen LogP contribution in [-0.2, 0) is 14.2 Å². The Bertz CT molecular complexity index is 1380. The van der Waals surface area contributed by atoms with E-state index in [9.17, 15) is 35.4 Å². The van der Waals surface area contributed by atoms with Crippen LogP contribution in [0.5, 0.6) is 11.5 Å². The maximum absolute atomic E-state index is 13.1. The van der Waals surface area contributed by atoms with Crippen molar-refractivity contribution in [1.82, 2.24) is 0 Å². The van der Waals surface area contributed by atoms with Crippen molar-refractivity contribution in [1.29, 1.82) is 0 Å². The van der Waals surface area contributed by atoms with Gasteiger partial charge in [0.2, 0.25) is 6.29 Å². The summed E-state index contributed by atoms with van der Waals surface area (Å²) in [7, 11) is 1.55. The average Bonchev–Trinajstić information content (AvgIpc) is 3.26. The molecule has 0 aliphatic carbocycles. The molecule has 1 aromatic heterocycles. The van der Waals surface area contributed by atoms with E-state index in [1.54, 1.807) is 31.4 Å². The second-order valence-electron chi connectivity index (χ2n) is 9.72. The maximum Gasteiger partial charge on any atom is 0.229 e. The van der Waals surface area contributed by atoms with E-state index in [-0.39, 0.29) is 28.8 Å². The van der Waals surface area contributed by atoms with Crippen molar-refractivity contribution in [2.75, 3.05) is 26.9 Å². The number of hydrogen-bond donors (Lipinski definition) is 6. The lowest BCUT2D eigenvalue weighted by atomic mass is 9.99. The lowest BCUT2D eigenvalue weighted by Crippen LogP contribution is -2.60. The first-order chi connectivity index (χ1) is 19.1. The molecule has 0 spiro atoms. The summed E-state index contributed by atoms with van der Waals surface area (Å²) in [6.07, 6.45) is -9.18. The molecule has 3 aromatic rings. The molecule has 13 nitrogen and oxygen atoms in total. The third-order valence-corrected chi connectivity index (χ3v) is 7.07. The van der Waals surface area contributed by atoms with Gasteiger partial charge in [-0.05, 0) is 29.8 Å². The van der Waals surface area contributed by atoms with Crippen molar-refractivity contribution >= 4 is 11.0 Å². The Hall–Kier alpha value is -3.11. The Morgan fingerprint density at radius 2 is 1.70 bits per heavy atom. The van der Waals surface area contributed by atoms with E-state index in [4.69, 9.17) is 28.1 Å². The van der Waals surface area contributed by atoms with Gasteiger partial charge < -0.3 is 58.7 Å². The molecule has 0 amide bonds. The molecule has 2 aliphatic rings. The lowest BCUT2D eigenvalue weighted by molar-refractivity contribution is -0.289. The van der Waals surface area contributed by atoms with E-state index in [0.717, 1.165) is 0 Å². The highest BCUT2D eigenvalue weighted by Crippen LogP contribution is 2.30. The Morgan fingerprint density at radius 1 is 0.975 bits per heavy atom. The summed E-state index contributed by atoms with van der Waals surface area (Å²) in [6.45, 7) is -1.56. The zero-order valence-corrected chi connectivity index (χ0v) is 21.3. The van der Waals surface area contributed by atoms with Crippen LogP contribution in [0.3, 0.4) is 0 Å². The van der Waals surface area contributed by atoms with Gasteiger partial charge in [-0.25, -0.2) is 0 Å². The monoisotopic (exact) mass is 562 g/mol. The Balaban J connectivity index is 1.29. The van der Waals surface area contributed by atoms with Crippen molar-refractivity contribution in [2.24, 2.45) is 0 Å². The van der Waals surface area contributed by atoms with Crippen LogP contribution in [0.15, 0.2) is 57.9 Å². The molecule has 40 heavy (non-hydrogen) atoms. The van der Waals surface area contributed by atoms with Crippen LogP contribution >= 0.6 is 0 Å². The van der Waals surface area contributed by atoms with Gasteiger partial charge in [-0.3, -0.25) is 4.79 Å². The smallest absolute Gasteiger partial charge is 0.229 e. The lowest BCUT2D eigenvalue weighted by Gasteiger charge is -2.40. The number of ether oxygens (including phenoxy) is 5. The molecule has 13 heteroatoms. The minimum atomic E-state index is -1.90. The minimum absolute atomic E-state index is 0.141. The number of fused-ring (bicyclic) bond motifs is 1. The summed E-state index contributed by atoms with van der Waals surface area (Å²) < 4.78 is 32.7. The van der Waals surface area contributed by atoms with E-state index in [1.807, 2.05) is 0 Å². The summed E-state index contributed by atoms with van der Waals surface area (Å²) in [5, 5.41) is 61.0. The van der Waals surface area contributed by atoms with Crippen molar-refractivity contribution < 1.29 is 58.7 Å². The highest BCUT2D eigenvalue weighted by atomic mass is 16.7. The number of methoxy groups -OCH3 is 1. The first-order valence-corrected chi connectivity index (χ1v) is 12.5. The van der Waals surface area contributed by atoms with Crippen LogP contribution in [0.25, 0.3) is 22.1 Å². The predicted octanol–water partition coefficient (Wildman–Crippen LogP) is -0.888. The molecule has 2 aromatic carbocycles. The highest BCUT2D eigenvalue weighted by molar-refractivity contribution is 5.82. The Kier molecular flexibility index (Phi) is 8.10. The van der Waals surface area contributed by atoms with Gasteiger partial charge >= 0.3 is 0 Å². The largest absolute Gasteiger partial charge is 0.497 e. The molecule has 0 radical (unpaired) electrons. The van der Waals surface area contributed by atoms with Gasteiger partial charge in [0.15, 0.2) is 11.7 Å². The Morgan fingerprint density at radius 3 is 2.38 bits per heavy atom. The predicted molar refractivity (Wildman–Crippen MR) is 136 cm³/mol. The van der Waals surface area contributed by atoms with Crippen molar-refractivity contribution in [3.63, 3.8) is 0 Å². The molecule has 2 saturated heterocycles. The van der Waals surface area contributed by atoms with Gasteiger partial charge in [-0.1, -0.05) is 12.1 Å². The highest BCUT2D eigenvalue weighted by Gasteiger charge is 2.50. The van der Waals surface area contributed by atoms with Crippen molar-refractivity contribution in [2.45, 2.75) is 48.7 Å². The van der Waals surface area contributed by atoms with E-state index < -0.39 is 61.9 Å². The zero-order chi connectivity index (χ0) is 28.6. The van der Waals surface area contributed by atoms with Gasteiger partial charge in [0.05, 0.1) is 37.9 Å². The van der Waals surface area contributed by atoms with Gasteiger partial charge in [0.25, 0.3) is 0 Å². The molecule has 2 aliphatic heterocycles. The number of aliphatic hydroxyl groups is 6. The van der Waals surface area contributed by atoms with Crippen LogP contribution in [0.1, 0.15) is 0 Å². The molecule has 6 N–H and O–H groups in total. The van der Waals surface area contributed by atoms with E-state index in [1.165, 1.54) is 24.5 Å². The third-order valence-electron chi connectivity index (χ3n) is 7.07. The van der Waals surface area contributed by atoms with Crippen molar-refractivity contribution in [3.8, 4) is 22.6 Å². The summed E-state index contributed by atoms with van der Waals surface area (Å²) in [5.74, 6) is 0.787. The third kappa shape index (κ3) is 5.31. The van der Waals surface area contributed by atoms with E-state index >= 15 is 0 Å². The first kappa shape index (κ1) is 28.4. The molecule has 0 saturated carbocycles. The molecule has 3 heterocycles. The summed E-state index contributed by atoms with van der Waals surface area (Å²) in [5.41, 5.74) is -0.976. The van der Waals surface area contributed by atoms with Crippen LogP contribution in [0, 0.1) is 0 Å². The fourth-order valence-electron chi connectivity index (χ4n) is 4.56. The van der Waals surface area contributed by atoms with Crippen LogP contribution in [0.2, 0.25) is 0 Å². The van der Waals surface area contributed by atoms with Gasteiger partial charge in [-0.15, -0.1) is 0 Å². The number of aliphatic hydroxyl groups excluding tert-OH is 5. The fraction of sp³-hybridized carbons (Fsp3) is 0.444. The number of benzene rings is 2. The SMILES string of the molecule is COc1ccc(-c2coc3cc(O[C@@H]4O[C@H](CO[C@@H]5OC[C@](O)(CO)[C@H]5O)[C@@H](O)[C@H](O)[C@H]4O)ccc3c2=O)cc1. The van der Waals surface area contributed by atoms with Gasteiger partial charge in [-0.2, -0.15) is 0 Å². The van der Waals surface area contributed by atoms with Crippen LogP contribution < -0.4 is 14.9 Å². The topological polar surface area (TPSA) is 198 Å².